The molecule has 0 bridgehead atoms. The fourth-order valence-corrected chi connectivity index (χ4v) is 3.93. The normalized spacial score (nSPS) is 12.2. The quantitative estimate of drug-likeness (QED) is 0.341. The SMILES string of the molecule is CCOC(=O)[C@H](C)Sc1nnc(CNC(=O)c2ccc(OC)cc2)n1-c1cccc(C(F)(F)F)c1. The van der Waals surface area contributed by atoms with E-state index in [1.807, 2.05) is 0 Å². The number of esters is 1. The number of nitrogens with one attached hydrogen (secondary N) is 1. The maximum atomic E-state index is 13.3. The molecule has 2 aromatic carbocycles. The summed E-state index contributed by atoms with van der Waals surface area (Å²) in [7, 11) is 1.51. The molecule has 35 heavy (non-hydrogen) atoms. The Hall–Kier alpha value is -3.54. The van der Waals surface area contributed by atoms with Crippen molar-refractivity contribution in [3.05, 3.63) is 65.5 Å². The lowest BCUT2D eigenvalue weighted by Crippen LogP contribution is -2.24. The molecule has 0 aliphatic rings. The second kappa shape index (κ2) is 11.3. The van der Waals surface area contributed by atoms with Gasteiger partial charge in [-0.25, -0.2) is 0 Å². The molecule has 3 rings (SSSR count). The Morgan fingerprint density at radius 2 is 1.86 bits per heavy atom. The standard InChI is InChI=1S/C23H23F3N4O4S/c1-4-34-21(32)14(2)35-22-29-28-19(13-27-20(31)15-8-10-18(33-3)11-9-15)30(22)17-7-5-6-16(12-17)23(24,25)26/h5-12,14H,4,13H2,1-3H3,(H,27,31)/t14-/m0/s1. The van der Waals surface area contributed by atoms with E-state index in [9.17, 15) is 22.8 Å². The van der Waals surface area contributed by atoms with Crippen molar-refractivity contribution >= 4 is 23.6 Å². The molecule has 0 aliphatic heterocycles. The second-order valence-electron chi connectivity index (χ2n) is 7.21. The number of thioether (sulfide) groups is 1. The molecule has 1 N–H and O–H groups in total. The van der Waals surface area contributed by atoms with Crippen molar-refractivity contribution in [1.82, 2.24) is 20.1 Å². The van der Waals surface area contributed by atoms with Crippen molar-refractivity contribution in [2.24, 2.45) is 0 Å². The van der Waals surface area contributed by atoms with Gasteiger partial charge in [0.2, 0.25) is 0 Å². The zero-order chi connectivity index (χ0) is 25.6. The molecule has 0 aliphatic carbocycles. The minimum Gasteiger partial charge on any atom is -0.497 e. The highest BCUT2D eigenvalue weighted by Gasteiger charge is 2.31. The van der Waals surface area contributed by atoms with Gasteiger partial charge in [0.15, 0.2) is 11.0 Å². The van der Waals surface area contributed by atoms with Crippen LogP contribution in [-0.4, -0.2) is 45.6 Å². The van der Waals surface area contributed by atoms with Gasteiger partial charge in [-0.15, -0.1) is 10.2 Å². The van der Waals surface area contributed by atoms with E-state index in [-0.39, 0.29) is 29.8 Å². The number of aromatic nitrogens is 3. The number of methoxy groups -OCH3 is 1. The van der Waals surface area contributed by atoms with Gasteiger partial charge in [0.1, 0.15) is 11.0 Å². The van der Waals surface area contributed by atoms with Gasteiger partial charge >= 0.3 is 12.1 Å². The number of hydrogen-bond donors (Lipinski definition) is 1. The first kappa shape index (κ1) is 26.1. The van der Waals surface area contributed by atoms with Crippen molar-refractivity contribution in [3.63, 3.8) is 0 Å². The number of alkyl halides is 3. The summed E-state index contributed by atoms with van der Waals surface area (Å²) in [6, 6.07) is 11.1. The lowest BCUT2D eigenvalue weighted by molar-refractivity contribution is -0.142. The highest BCUT2D eigenvalue weighted by molar-refractivity contribution is 8.00. The number of nitrogens with zero attached hydrogens (tertiary/aromatic N) is 3. The fourth-order valence-electron chi connectivity index (χ4n) is 3.04. The lowest BCUT2D eigenvalue weighted by atomic mass is 10.2. The molecule has 0 spiro atoms. The Labute approximate surface area is 203 Å². The van der Waals surface area contributed by atoms with Gasteiger partial charge in [-0.05, 0) is 56.3 Å². The van der Waals surface area contributed by atoms with Gasteiger partial charge < -0.3 is 14.8 Å². The molecule has 1 amide bonds. The van der Waals surface area contributed by atoms with Crippen LogP contribution in [0.1, 0.15) is 35.6 Å². The van der Waals surface area contributed by atoms with Crippen molar-refractivity contribution < 1.29 is 32.2 Å². The van der Waals surface area contributed by atoms with Gasteiger partial charge in [0.25, 0.3) is 5.91 Å². The first-order valence-electron chi connectivity index (χ1n) is 10.5. The Morgan fingerprint density at radius 3 is 2.49 bits per heavy atom. The van der Waals surface area contributed by atoms with Crippen LogP contribution < -0.4 is 10.1 Å². The minimum atomic E-state index is -4.56. The van der Waals surface area contributed by atoms with Crippen LogP contribution >= 0.6 is 11.8 Å². The molecule has 0 saturated heterocycles. The third kappa shape index (κ3) is 6.53. The third-order valence-corrected chi connectivity index (χ3v) is 5.81. The van der Waals surface area contributed by atoms with Crippen LogP contribution in [0.3, 0.4) is 0 Å². The van der Waals surface area contributed by atoms with Crippen LogP contribution in [0, 0.1) is 0 Å². The lowest BCUT2D eigenvalue weighted by Gasteiger charge is -2.15. The van der Waals surface area contributed by atoms with Gasteiger partial charge in [0, 0.05) is 5.56 Å². The summed E-state index contributed by atoms with van der Waals surface area (Å²) < 4.78 is 51.5. The summed E-state index contributed by atoms with van der Waals surface area (Å²) in [5.74, 6) is -0.140. The summed E-state index contributed by atoms with van der Waals surface area (Å²) in [4.78, 5) is 24.7. The second-order valence-corrected chi connectivity index (χ2v) is 8.51. The fraction of sp³-hybridized carbons (Fsp3) is 0.304. The number of halogens is 3. The predicted octanol–water partition coefficient (Wildman–Crippen LogP) is 4.27. The summed E-state index contributed by atoms with van der Waals surface area (Å²) in [6.45, 7) is 3.33. The van der Waals surface area contributed by atoms with E-state index < -0.39 is 28.9 Å². The Bertz CT molecular complexity index is 1180. The van der Waals surface area contributed by atoms with Crippen LogP contribution in [0.4, 0.5) is 13.2 Å². The Balaban J connectivity index is 1.91. The Morgan fingerprint density at radius 1 is 1.14 bits per heavy atom. The van der Waals surface area contributed by atoms with Gasteiger partial charge in [-0.3, -0.25) is 14.2 Å². The minimum absolute atomic E-state index is 0.123. The molecular formula is C23H23F3N4O4S. The Kier molecular flexibility index (Phi) is 8.39. The van der Waals surface area contributed by atoms with Crippen LogP contribution in [0.2, 0.25) is 0 Å². The zero-order valence-corrected chi connectivity index (χ0v) is 19.9. The number of hydrogen-bond acceptors (Lipinski definition) is 7. The van der Waals surface area contributed by atoms with Crippen molar-refractivity contribution in [1.29, 1.82) is 0 Å². The van der Waals surface area contributed by atoms with E-state index in [4.69, 9.17) is 9.47 Å². The van der Waals surface area contributed by atoms with Crippen LogP contribution in [0.15, 0.2) is 53.7 Å². The third-order valence-electron chi connectivity index (χ3n) is 4.79. The van der Waals surface area contributed by atoms with E-state index in [0.717, 1.165) is 23.9 Å². The molecule has 12 heteroatoms. The molecule has 1 aromatic heterocycles. The van der Waals surface area contributed by atoms with E-state index in [0.29, 0.717) is 11.3 Å². The van der Waals surface area contributed by atoms with E-state index in [1.54, 1.807) is 38.1 Å². The van der Waals surface area contributed by atoms with E-state index in [2.05, 4.69) is 15.5 Å². The smallest absolute Gasteiger partial charge is 0.416 e. The molecule has 186 valence electrons. The topological polar surface area (TPSA) is 95.3 Å². The molecular weight excluding hydrogens is 485 g/mol. The number of carbonyl (C=O) groups is 2. The molecule has 0 saturated carbocycles. The molecule has 1 atom stereocenters. The average molecular weight is 509 g/mol. The zero-order valence-electron chi connectivity index (χ0n) is 19.1. The van der Waals surface area contributed by atoms with E-state index in [1.165, 1.54) is 23.8 Å². The molecule has 8 nitrogen and oxygen atoms in total. The molecule has 0 fully saturated rings. The number of ether oxygens (including phenoxy) is 2. The number of carbonyl (C=O) groups excluding carboxylic acids is 2. The molecule has 0 radical (unpaired) electrons. The maximum Gasteiger partial charge on any atom is 0.416 e. The van der Waals surface area contributed by atoms with Gasteiger partial charge in [-0.1, -0.05) is 17.8 Å². The van der Waals surface area contributed by atoms with Crippen LogP contribution in [0.25, 0.3) is 5.69 Å². The summed E-state index contributed by atoms with van der Waals surface area (Å²) >= 11 is 0.989. The number of benzene rings is 2. The summed E-state index contributed by atoms with van der Waals surface area (Å²) in [5, 5.41) is 10.3. The van der Waals surface area contributed by atoms with Crippen molar-refractivity contribution in [2.45, 2.75) is 37.0 Å². The first-order valence-corrected chi connectivity index (χ1v) is 11.4. The van der Waals surface area contributed by atoms with Gasteiger partial charge in [0.05, 0.1) is 31.5 Å². The highest BCUT2D eigenvalue weighted by atomic mass is 32.2. The van der Waals surface area contributed by atoms with Crippen LogP contribution in [0.5, 0.6) is 5.75 Å². The van der Waals surface area contributed by atoms with Crippen molar-refractivity contribution in [3.8, 4) is 11.4 Å². The largest absolute Gasteiger partial charge is 0.497 e. The average Bonchev–Trinajstić information content (AvgIpc) is 3.24. The number of amides is 1. The summed E-state index contributed by atoms with van der Waals surface area (Å²) in [6.07, 6.45) is -4.56. The maximum absolute atomic E-state index is 13.3. The molecule has 3 aromatic rings. The molecule has 0 unspecified atom stereocenters. The molecule has 1 heterocycles. The first-order chi connectivity index (χ1) is 16.6. The van der Waals surface area contributed by atoms with E-state index >= 15 is 0 Å². The summed E-state index contributed by atoms with van der Waals surface area (Å²) in [5.41, 5.74) is -0.357. The van der Waals surface area contributed by atoms with Crippen molar-refractivity contribution in [2.75, 3.05) is 13.7 Å². The van der Waals surface area contributed by atoms with Gasteiger partial charge in [-0.2, -0.15) is 13.2 Å². The van der Waals surface area contributed by atoms with Crippen LogP contribution in [-0.2, 0) is 22.3 Å². The monoisotopic (exact) mass is 508 g/mol. The predicted molar refractivity (Wildman–Crippen MR) is 122 cm³/mol. The highest BCUT2D eigenvalue weighted by Crippen LogP contribution is 2.32. The number of rotatable bonds is 9.